The van der Waals surface area contributed by atoms with Crippen LogP contribution in [0.25, 0.3) is 0 Å². The summed E-state index contributed by atoms with van der Waals surface area (Å²) in [7, 11) is 1.62. The van der Waals surface area contributed by atoms with Crippen molar-refractivity contribution in [3.8, 4) is 6.07 Å². The number of benzene rings is 1. The quantitative estimate of drug-likeness (QED) is 0.116. The van der Waals surface area contributed by atoms with Crippen molar-refractivity contribution in [2.75, 3.05) is 39.9 Å². The second kappa shape index (κ2) is 18.3. The third-order valence-electron chi connectivity index (χ3n) is 8.39. The van der Waals surface area contributed by atoms with Crippen molar-refractivity contribution in [2.45, 2.75) is 84.2 Å². The van der Waals surface area contributed by atoms with Crippen LogP contribution < -0.4 is 16.0 Å². The summed E-state index contributed by atoms with van der Waals surface area (Å²) in [6.45, 7) is 12.0. The van der Waals surface area contributed by atoms with Crippen LogP contribution in [0, 0.1) is 25.2 Å². The van der Waals surface area contributed by atoms with Crippen LogP contribution in [0.3, 0.4) is 0 Å². The van der Waals surface area contributed by atoms with E-state index < -0.39 is 47.4 Å². The van der Waals surface area contributed by atoms with Crippen LogP contribution >= 0.6 is 0 Å². The van der Waals surface area contributed by atoms with E-state index in [-0.39, 0.29) is 24.2 Å². The Balaban J connectivity index is 1.65. The number of hydrogen-bond acceptors (Lipinski definition) is 10. The summed E-state index contributed by atoms with van der Waals surface area (Å²) in [5.41, 5.74) is 1.43. The maximum absolute atomic E-state index is 13.4. The van der Waals surface area contributed by atoms with Crippen molar-refractivity contribution in [1.82, 2.24) is 30.9 Å². The largest absolute Gasteiger partial charge is 0.391 e. The third kappa shape index (κ3) is 11.8. The van der Waals surface area contributed by atoms with Crippen LogP contribution in [0.2, 0.25) is 0 Å². The Kier molecular flexibility index (Phi) is 14.5. The number of nitriles is 1. The zero-order valence-corrected chi connectivity index (χ0v) is 29.2. The van der Waals surface area contributed by atoms with Crippen molar-refractivity contribution >= 4 is 23.6 Å². The summed E-state index contributed by atoms with van der Waals surface area (Å²) in [5, 5.41) is 31.8. The van der Waals surface area contributed by atoms with Crippen LogP contribution in [-0.2, 0) is 25.7 Å². The van der Waals surface area contributed by atoms with Crippen molar-refractivity contribution in [3.63, 3.8) is 0 Å². The highest BCUT2D eigenvalue weighted by atomic mass is 16.5. The van der Waals surface area contributed by atoms with Crippen LogP contribution in [-0.4, -0.2) is 107 Å². The molecule has 1 aliphatic heterocycles. The van der Waals surface area contributed by atoms with Gasteiger partial charge in [-0.15, -0.1) is 0 Å². The Labute approximate surface area is 287 Å². The van der Waals surface area contributed by atoms with Crippen molar-refractivity contribution in [1.29, 1.82) is 5.26 Å². The summed E-state index contributed by atoms with van der Waals surface area (Å²) in [6, 6.07) is 8.72. The average Bonchev–Trinajstić information content (AvgIpc) is 3.52. The first-order chi connectivity index (χ1) is 23.2. The van der Waals surface area contributed by atoms with Gasteiger partial charge in [0, 0.05) is 44.8 Å². The predicted molar refractivity (Wildman–Crippen MR) is 181 cm³/mol. The Morgan fingerprint density at radius 2 is 1.78 bits per heavy atom. The molecule has 0 saturated carbocycles. The van der Waals surface area contributed by atoms with Gasteiger partial charge in [0.05, 0.1) is 19.3 Å². The Morgan fingerprint density at radius 3 is 2.37 bits per heavy atom. The van der Waals surface area contributed by atoms with E-state index in [9.17, 15) is 29.5 Å². The smallest absolute Gasteiger partial charge is 0.274 e. The molecule has 1 aromatic heterocycles. The molecule has 4 amide bonds. The fraction of sp³-hybridized carbons (Fsp3) is 0.543. The fourth-order valence-electron chi connectivity index (χ4n) is 5.37. The van der Waals surface area contributed by atoms with E-state index in [0.29, 0.717) is 51.4 Å². The first-order valence-electron chi connectivity index (χ1n) is 16.5. The second-order valence-electron chi connectivity index (χ2n) is 12.9. The van der Waals surface area contributed by atoms with Gasteiger partial charge in [0.1, 0.15) is 29.5 Å². The monoisotopic (exact) mass is 679 g/mol. The molecule has 0 radical (unpaired) electrons. The van der Waals surface area contributed by atoms with E-state index in [1.807, 2.05) is 45.0 Å². The molecule has 0 spiro atoms. The Bertz CT molecular complexity index is 1500. The zero-order valence-electron chi connectivity index (χ0n) is 29.2. The molecule has 4 N–H and O–H groups in total. The van der Waals surface area contributed by atoms with E-state index in [1.165, 1.54) is 17.9 Å². The number of rotatable bonds is 16. The van der Waals surface area contributed by atoms with Gasteiger partial charge in [0.25, 0.3) is 11.8 Å². The molecule has 0 bridgehead atoms. The SMILES string of the molecule is Cc1ccc(CNC(=O)C(CCCCN(C)C(=O)C(C#N)=CC(C)(C)N2CCOCC2)NC(=O)[C@@H](NC(=O)c2cc(C)on2)[C@@H](C)O)cc1. The van der Waals surface area contributed by atoms with Gasteiger partial charge < -0.3 is 35.2 Å². The molecule has 14 nitrogen and oxygen atoms in total. The topological polar surface area (TPSA) is 190 Å². The van der Waals surface area contributed by atoms with Crippen LogP contribution in [0.5, 0.6) is 0 Å². The fourth-order valence-corrected chi connectivity index (χ4v) is 5.37. The first-order valence-corrected chi connectivity index (χ1v) is 16.5. The van der Waals surface area contributed by atoms with Crippen molar-refractivity contribution < 1.29 is 33.5 Å². The number of carbonyl (C=O) groups excluding carboxylic acids is 4. The second-order valence-corrected chi connectivity index (χ2v) is 12.9. The van der Waals surface area contributed by atoms with E-state index in [4.69, 9.17) is 9.26 Å². The molecule has 49 heavy (non-hydrogen) atoms. The van der Waals surface area contributed by atoms with Gasteiger partial charge >= 0.3 is 0 Å². The highest BCUT2D eigenvalue weighted by molar-refractivity contribution is 5.98. The number of aryl methyl sites for hydroxylation is 2. The molecule has 2 aromatic rings. The van der Waals surface area contributed by atoms with Crippen LogP contribution in [0.15, 0.2) is 46.5 Å². The molecule has 3 atom stereocenters. The van der Waals surface area contributed by atoms with Gasteiger partial charge in [-0.1, -0.05) is 35.0 Å². The van der Waals surface area contributed by atoms with Gasteiger partial charge in [0.15, 0.2) is 5.69 Å². The molecule has 14 heteroatoms. The lowest BCUT2D eigenvalue weighted by Crippen LogP contribution is -2.57. The number of nitrogens with one attached hydrogen (secondary N) is 3. The summed E-state index contributed by atoms with van der Waals surface area (Å²) >= 11 is 0. The Morgan fingerprint density at radius 1 is 1.10 bits per heavy atom. The number of ether oxygens (including phenoxy) is 1. The number of carbonyl (C=O) groups is 4. The molecule has 1 unspecified atom stereocenters. The number of likely N-dealkylation sites (N-methyl/N-ethyl adjacent to an activating group) is 1. The molecular weight excluding hydrogens is 630 g/mol. The highest BCUT2D eigenvalue weighted by Gasteiger charge is 2.31. The first kappa shape index (κ1) is 38.9. The van der Waals surface area contributed by atoms with E-state index in [1.54, 1.807) is 20.0 Å². The lowest BCUT2D eigenvalue weighted by atomic mass is 9.98. The minimum Gasteiger partial charge on any atom is -0.391 e. The number of aliphatic hydroxyl groups excluding tert-OH is 1. The molecular formula is C35H49N7O7. The summed E-state index contributed by atoms with van der Waals surface area (Å²) in [6.07, 6.45) is 1.54. The summed E-state index contributed by atoms with van der Waals surface area (Å²) in [5.74, 6) is -1.91. The molecule has 0 aliphatic carbocycles. The molecule has 1 aliphatic rings. The van der Waals surface area contributed by atoms with Crippen LogP contribution in [0.4, 0.5) is 0 Å². The molecule has 1 fully saturated rings. The molecule has 1 saturated heterocycles. The van der Waals surface area contributed by atoms with Gasteiger partial charge in [-0.2, -0.15) is 5.26 Å². The number of hydrogen-bond donors (Lipinski definition) is 4. The number of amides is 4. The lowest BCUT2D eigenvalue weighted by Gasteiger charge is -2.39. The summed E-state index contributed by atoms with van der Waals surface area (Å²) < 4.78 is 10.4. The third-order valence-corrected chi connectivity index (χ3v) is 8.39. The number of morpholine rings is 1. The normalized spacial score (nSPS) is 15.8. The maximum Gasteiger partial charge on any atom is 0.274 e. The highest BCUT2D eigenvalue weighted by Crippen LogP contribution is 2.20. The van der Waals surface area contributed by atoms with Crippen LogP contribution in [0.1, 0.15) is 67.4 Å². The number of unbranched alkanes of at least 4 members (excludes halogenated alkanes) is 1. The minimum absolute atomic E-state index is 0.0478. The molecule has 2 heterocycles. The van der Waals surface area contributed by atoms with Gasteiger partial charge in [0.2, 0.25) is 11.8 Å². The maximum atomic E-state index is 13.4. The standard InChI is InChI=1S/C35H49N7O7/c1-23-10-12-26(13-11-23)22-37-31(44)28(38-33(46)30(25(3)43)39-32(45)29-19-24(2)49-40-29)9-7-8-14-41(6)34(47)27(21-36)20-35(4,5)42-15-17-48-18-16-42/h10-13,19-20,25,28,30,43H,7-9,14-18,22H2,1-6H3,(H,37,44)(H,38,46)(H,39,45)/t25-,28?,30+/m1/s1. The predicted octanol–water partition coefficient (Wildman–Crippen LogP) is 1.76. The van der Waals surface area contributed by atoms with Crippen molar-refractivity contribution in [2.24, 2.45) is 0 Å². The summed E-state index contributed by atoms with van der Waals surface area (Å²) in [4.78, 5) is 56.2. The van der Waals surface area contributed by atoms with E-state index >= 15 is 0 Å². The average molecular weight is 680 g/mol. The Hall–Kier alpha value is -4.58. The molecule has 266 valence electrons. The van der Waals surface area contributed by atoms with Crippen molar-refractivity contribution in [3.05, 3.63) is 64.6 Å². The van der Waals surface area contributed by atoms with E-state index in [2.05, 4.69) is 32.1 Å². The minimum atomic E-state index is -1.38. The number of aliphatic hydroxyl groups is 1. The zero-order chi connectivity index (χ0) is 36.1. The number of aromatic nitrogens is 1. The lowest BCUT2D eigenvalue weighted by molar-refractivity contribution is -0.131. The van der Waals surface area contributed by atoms with Gasteiger partial charge in [-0.25, -0.2) is 0 Å². The molecule has 1 aromatic carbocycles. The van der Waals surface area contributed by atoms with Gasteiger partial charge in [-0.05, 0) is 65.5 Å². The van der Waals surface area contributed by atoms with E-state index in [0.717, 1.165) is 11.1 Å². The number of nitrogens with zero attached hydrogens (tertiary/aromatic N) is 4. The molecule has 3 rings (SSSR count). The van der Waals surface area contributed by atoms with Gasteiger partial charge in [-0.3, -0.25) is 24.1 Å².